The molecular formula is C11H17N7. The normalized spacial score (nSPS) is 10.8. The largest absolute Gasteiger partial charge is 0.356 e. The molecule has 18 heavy (non-hydrogen) atoms. The van der Waals surface area contributed by atoms with Gasteiger partial charge in [0.1, 0.15) is 0 Å². The Labute approximate surface area is 106 Å². The van der Waals surface area contributed by atoms with Crippen molar-refractivity contribution in [2.45, 2.75) is 13.5 Å². The molecule has 0 saturated heterocycles. The van der Waals surface area contributed by atoms with Gasteiger partial charge in [0.2, 0.25) is 5.96 Å². The Morgan fingerprint density at radius 3 is 3.06 bits per heavy atom. The minimum atomic E-state index is 0.501. The summed E-state index contributed by atoms with van der Waals surface area (Å²) in [5.41, 5.74) is 0.892. The number of hydrogen-bond acceptors (Lipinski definition) is 5. The number of aromatic nitrogens is 2. The monoisotopic (exact) mass is 247 g/mol. The first kappa shape index (κ1) is 13.9. The van der Waals surface area contributed by atoms with E-state index in [1.54, 1.807) is 18.6 Å². The lowest BCUT2D eigenvalue weighted by Gasteiger charge is -2.05. The van der Waals surface area contributed by atoms with Gasteiger partial charge in [-0.25, -0.2) is 0 Å². The Bertz CT molecular complexity index is 396. The molecule has 0 fully saturated rings. The van der Waals surface area contributed by atoms with Gasteiger partial charge >= 0.3 is 0 Å². The highest BCUT2D eigenvalue weighted by molar-refractivity contribution is 5.81. The van der Waals surface area contributed by atoms with Gasteiger partial charge in [-0.2, -0.15) is 5.26 Å². The molecule has 3 N–H and O–H groups in total. The van der Waals surface area contributed by atoms with Crippen LogP contribution in [0.15, 0.2) is 23.6 Å². The van der Waals surface area contributed by atoms with Crippen LogP contribution >= 0.6 is 0 Å². The fourth-order valence-electron chi connectivity index (χ4n) is 1.24. The van der Waals surface area contributed by atoms with Crippen molar-refractivity contribution in [3.63, 3.8) is 0 Å². The number of nitrogens with zero attached hydrogens (tertiary/aromatic N) is 4. The zero-order valence-electron chi connectivity index (χ0n) is 10.3. The topological polar surface area (TPSA) is 98.0 Å². The molecule has 96 valence electrons. The molecule has 0 amide bonds. The summed E-state index contributed by atoms with van der Waals surface area (Å²) >= 11 is 0. The highest BCUT2D eigenvalue weighted by Gasteiger charge is 1.95. The molecular weight excluding hydrogens is 230 g/mol. The summed E-state index contributed by atoms with van der Waals surface area (Å²) in [5, 5.41) is 17.1. The Morgan fingerprint density at radius 1 is 1.50 bits per heavy atom. The van der Waals surface area contributed by atoms with E-state index < -0.39 is 0 Å². The number of nitrogens with one attached hydrogen (secondary N) is 3. The molecule has 1 rings (SSSR count). The lowest BCUT2D eigenvalue weighted by Crippen LogP contribution is -2.35. The molecule has 0 aliphatic heterocycles. The van der Waals surface area contributed by atoms with Crippen molar-refractivity contribution in [1.82, 2.24) is 25.9 Å². The van der Waals surface area contributed by atoms with Gasteiger partial charge in [-0.15, -0.1) is 0 Å². The van der Waals surface area contributed by atoms with E-state index in [-0.39, 0.29) is 0 Å². The first-order valence-electron chi connectivity index (χ1n) is 5.75. The van der Waals surface area contributed by atoms with Crippen LogP contribution in [0.25, 0.3) is 0 Å². The number of aliphatic imine (C=N–C) groups is 1. The third-order valence-electron chi connectivity index (χ3n) is 2.00. The number of nitriles is 1. The summed E-state index contributed by atoms with van der Waals surface area (Å²) < 4.78 is 0. The molecule has 0 atom stereocenters. The van der Waals surface area contributed by atoms with Crippen LogP contribution in [0.2, 0.25) is 0 Å². The van der Waals surface area contributed by atoms with Gasteiger partial charge in [0.15, 0.2) is 6.19 Å². The molecule has 1 aromatic rings. The maximum Gasteiger partial charge on any atom is 0.204 e. The molecule has 1 heterocycles. The minimum Gasteiger partial charge on any atom is -0.356 e. The summed E-state index contributed by atoms with van der Waals surface area (Å²) in [6.07, 6.45) is 6.86. The van der Waals surface area contributed by atoms with Gasteiger partial charge in [-0.05, 0) is 6.92 Å². The van der Waals surface area contributed by atoms with Crippen molar-refractivity contribution in [2.24, 2.45) is 4.99 Å². The second-order valence-electron chi connectivity index (χ2n) is 3.37. The van der Waals surface area contributed by atoms with Crippen LogP contribution in [0.5, 0.6) is 0 Å². The first-order chi connectivity index (χ1) is 8.86. The average molecular weight is 247 g/mol. The molecule has 0 saturated carbocycles. The zero-order chi connectivity index (χ0) is 13.1. The molecule has 0 unspecified atom stereocenters. The molecule has 1 aromatic heterocycles. The summed E-state index contributed by atoms with van der Waals surface area (Å²) in [4.78, 5) is 12.3. The number of hydrogen-bond donors (Lipinski definition) is 3. The highest BCUT2D eigenvalue weighted by atomic mass is 15.2. The molecule has 0 aromatic carbocycles. The SMILES string of the molecule is CCN/C(=N/CCNCc1cnccn1)NC#N. The lowest BCUT2D eigenvalue weighted by atomic mass is 10.4. The van der Waals surface area contributed by atoms with Gasteiger partial charge in [-0.3, -0.25) is 20.3 Å². The predicted molar refractivity (Wildman–Crippen MR) is 68.5 cm³/mol. The molecule has 0 spiro atoms. The standard InChI is InChI=1S/C11H17N7/c1-2-15-11(18-9-12)17-6-4-14-8-10-7-13-3-5-16-10/h3,5,7,14H,2,4,6,8H2,1H3,(H2,15,17,18). The van der Waals surface area contributed by atoms with E-state index in [2.05, 4.69) is 30.9 Å². The Morgan fingerprint density at radius 2 is 2.39 bits per heavy atom. The second-order valence-corrected chi connectivity index (χ2v) is 3.37. The van der Waals surface area contributed by atoms with E-state index in [0.717, 1.165) is 12.2 Å². The van der Waals surface area contributed by atoms with Crippen LogP contribution in [0.4, 0.5) is 0 Å². The molecule has 0 radical (unpaired) electrons. The average Bonchev–Trinajstić information content (AvgIpc) is 2.40. The maximum atomic E-state index is 8.50. The minimum absolute atomic E-state index is 0.501. The summed E-state index contributed by atoms with van der Waals surface area (Å²) in [5.74, 6) is 0.501. The number of rotatable bonds is 6. The highest BCUT2D eigenvalue weighted by Crippen LogP contribution is 1.87. The Balaban J connectivity index is 2.21. The second kappa shape index (κ2) is 8.90. The van der Waals surface area contributed by atoms with Crippen molar-refractivity contribution >= 4 is 5.96 Å². The van der Waals surface area contributed by atoms with Gasteiger partial charge in [-0.1, -0.05) is 0 Å². The van der Waals surface area contributed by atoms with E-state index in [1.807, 2.05) is 13.1 Å². The fourth-order valence-corrected chi connectivity index (χ4v) is 1.24. The molecule has 0 aliphatic rings. The third-order valence-corrected chi connectivity index (χ3v) is 2.00. The van der Waals surface area contributed by atoms with Crippen molar-refractivity contribution in [3.8, 4) is 6.19 Å². The first-order valence-corrected chi connectivity index (χ1v) is 5.75. The van der Waals surface area contributed by atoms with Crippen molar-refractivity contribution in [3.05, 3.63) is 24.3 Å². The number of guanidine groups is 1. The van der Waals surface area contributed by atoms with E-state index >= 15 is 0 Å². The van der Waals surface area contributed by atoms with Crippen LogP contribution in [0.1, 0.15) is 12.6 Å². The van der Waals surface area contributed by atoms with E-state index in [0.29, 0.717) is 25.6 Å². The third kappa shape index (κ3) is 5.77. The maximum absolute atomic E-state index is 8.50. The summed E-state index contributed by atoms with van der Waals surface area (Å²) in [6.45, 7) is 4.61. The van der Waals surface area contributed by atoms with Crippen molar-refractivity contribution in [2.75, 3.05) is 19.6 Å². The smallest absolute Gasteiger partial charge is 0.204 e. The quantitative estimate of drug-likeness (QED) is 0.208. The zero-order valence-corrected chi connectivity index (χ0v) is 10.3. The molecule has 0 aliphatic carbocycles. The summed E-state index contributed by atoms with van der Waals surface area (Å²) in [6, 6.07) is 0. The molecule has 0 bridgehead atoms. The Kier molecular flexibility index (Phi) is 6.85. The van der Waals surface area contributed by atoms with Crippen LogP contribution in [0, 0.1) is 11.5 Å². The van der Waals surface area contributed by atoms with Gasteiger partial charge < -0.3 is 10.6 Å². The van der Waals surface area contributed by atoms with E-state index in [4.69, 9.17) is 5.26 Å². The van der Waals surface area contributed by atoms with Crippen LogP contribution < -0.4 is 16.0 Å². The molecule has 7 heteroatoms. The molecule has 7 nitrogen and oxygen atoms in total. The van der Waals surface area contributed by atoms with E-state index in [1.165, 1.54) is 0 Å². The van der Waals surface area contributed by atoms with Crippen molar-refractivity contribution < 1.29 is 0 Å². The van der Waals surface area contributed by atoms with Crippen LogP contribution in [0.3, 0.4) is 0 Å². The van der Waals surface area contributed by atoms with E-state index in [9.17, 15) is 0 Å². The summed E-state index contributed by atoms with van der Waals surface area (Å²) in [7, 11) is 0. The van der Waals surface area contributed by atoms with Crippen molar-refractivity contribution in [1.29, 1.82) is 5.26 Å². The Hall–Kier alpha value is -2.20. The van der Waals surface area contributed by atoms with Gasteiger partial charge in [0, 0.05) is 38.2 Å². The van der Waals surface area contributed by atoms with Crippen LogP contribution in [-0.2, 0) is 6.54 Å². The lowest BCUT2D eigenvalue weighted by molar-refractivity contribution is 0.677. The van der Waals surface area contributed by atoms with Gasteiger partial charge in [0.05, 0.1) is 12.2 Å². The van der Waals surface area contributed by atoms with Gasteiger partial charge in [0.25, 0.3) is 0 Å². The predicted octanol–water partition coefficient (Wildman–Crippen LogP) is -0.398. The fraction of sp³-hybridized carbons (Fsp3) is 0.455. The van der Waals surface area contributed by atoms with Crippen LogP contribution in [-0.4, -0.2) is 35.6 Å².